The standard InChI is InChI=1S/C15H19F3N2O/c1-10-6-7-19-13(8-10)14(21)20-9-11-4-2-3-5-12(11)15(16,17)18/h2-5,10,13,19H,6-9H2,1H3,(H,20,21). The van der Waals surface area contributed by atoms with Crippen molar-refractivity contribution in [2.45, 2.75) is 38.5 Å². The zero-order valence-electron chi connectivity index (χ0n) is 11.8. The smallest absolute Gasteiger partial charge is 0.351 e. The molecule has 1 saturated heterocycles. The van der Waals surface area contributed by atoms with E-state index in [0.717, 1.165) is 19.0 Å². The van der Waals surface area contributed by atoms with E-state index in [9.17, 15) is 18.0 Å². The van der Waals surface area contributed by atoms with Crippen molar-refractivity contribution in [3.8, 4) is 0 Å². The van der Waals surface area contributed by atoms with Gasteiger partial charge in [0.1, 0.15) is 0 Å². The Morgan fingerprint density at radius 1 is 1.38 bits per heavy atom. The fourth-order valence-electron chi connectivity index (χ4n) is 2.56. The van der Waals surface area contributed by atoms with Gasteiger partial charge in [0, 0.05) is 6.54 Å². The predicted molar refractivity (Wildman–Crippen MR) is 73.5 cm³/mol. The Balaban J connectivity index is 1.98. The number of rotatable bonds is 3. The largest absolute Gasteiger partial charge is 0.416 e. The van der Waals surface area contributed by atoms with Crippen molar-refractivity contribution < 1.29 is 18.0 Å². The van der Waals surface area contributed by atoms with Crippen LogP contribution >= 0.6 is 0 Å². The van der Waals surface area contributed by atoms with Crippen molar-refractivity contribution in [1.29, 1.82) is 0 Å². The lowest BCUT2D eigenvalue weighted by Gasteiger charge is -2.27. The summed E-state index contributed by atoms with van der Waals surface area (Å²) < 4.78 is 38.6. The van der Waals surface area contributed by atoms with Crippen molar-refractivity contribution in [2.24, 2.45) is 5.92 Å². The van der Waals surface area contributed by atoms with Crippen molar-refractivity contribution in [3.63, 3.8) is 0 Å². The number of amides is 1. The molecule has 0 radical (unpaired) electrons. The highest BCUT2D eigenvalue weighted by Crippen LogP contribution is 2.31. The van der Waals surface area contributed by atoms with Gasteiger partial charge in [-0.15, -0.1) is 0 Å². The molecule has 1 fully saturated rings. The molecule has 1 aromatic rings. The molecule has 0 saturated carbocycles. The Morgan fingerprint density at radius 3 is 2.76 bits per heavy atom. The molecule has 1 aliphatic heterocycles. The van der Waals surface area contributed by atoms with E-state index in [0.29, 0.717) is 12.3 Å². The Bertz CT molecular complexity index is 502. The number of hydrogen-bond acceptors (Lipinski definition) is 2. The van der Waals surface area contributed by atoms with Crippen molar-refractivity contribution in [1.82, 2.24) is 10.6 Å². The van der Waals surface area contributed by atoms with E-state index in [1.807, 2.05) is 0 Å². The van der Waals surface area contributed by atoms with E-state index < -0.39 is 11.7 Å². The van der Waals surface area contributed by atoms with Gasteiger partial charge in [0.05, 0.1) is 11.6 Å². The average molecular weight is 300 g/mol. The number of halogens is 3. The quantitative estimate of drug-likeness (QED) is 0.901. The summed E-state index contributed by atoms with van der Waals surface area (Å²) >= 11 is 0. The van der Waals surface area contributed by atoms with E-state index in [1.54, 1.807) is 0 Å². The highest BCUT2D eigenvalue weighted by molar-refractivity contribution is 5.81. The second-order valence-electron chi connectivity index (χ2n) is 5.51. The lowest BCUT2D eigenvalue weighted by Crippen LogP contribution is -2.48. The molecular weight excluding hydrogens is 281 g/mol. The zero-order chi connectivity index (χ0) is 15.5. The molecule has 21 heavy (non-hydrogen) atoms. The van der Waals surface area contributed by atoms with Crippen LogP contribution in [-0.2, 0) is 17.5 Å². The van der Waals surface area contributed by atoms with Crippen molar-refractivity contribution >= 4 is 5.91 Å². The van der Waals surface area contributed by atoms with Gasteiger partial charge in [0.25, 0.3) is 0 Å². The van der Waals surface area contributed by atoms with Gasteiger partial charge < -0.3 is 10.6 Å². The van der Waals surface area contributed by atoms with Gasteiger partial charge in [0.2, 0.25) is 5.91 Å². The minimum absolute atomic E-state index is 0.0854. The van der Waals surface area contributed by atoms with Gasteiger partial charge >= 0.3 is 6.18 Å². The first-order chi connectivity index (χ1) is 9.88. The minimum Gasteiger partial charge on any atom is -0.351 e. The highest BCUT2D eigenvalue weighted by atomic mass is 19.4. The molecule has 0 spiro atoms. The third kappa shape index (κ3) is 4.20. The number of alkyl halides is 3. The first-order valence-corrected chi connectivity index (χ1v) is 7.04. The summed E-state index contributed by atoms with van der Waals surface area (Å²) in [6.45, 7) is 2.72. The molecule has 6 heteroatoms. The Hall–Kier alpha value is -1.56. The summed E-state index contributed by atoms with van der Waals surface area (Å²) in [5.41, 5.74) is -0.613. The molecule has 1 heterocycles. The van der Waals surface area contributed by atoms with E-state index >= 15 is 0 Å². The lowest BCUT2D eigenvalue weighted by atomic mass is 9.94. The number of nitrogens with one attached hydrogen (secondary N) is 2. The topological polar surface area (TPSA) is 41.1 Å². The normalized spacial score (nSPS) is 22.9. The predicted octanol–water partition coefficient (Wildman–Crippen LogP) is 2.71. The highest BCUT2D eigenvalue weighted by Gasteiger charge is 2.33. The third-order valence-corrected chi connectivity index (χ3v) is 3.76. The molecule has 1 aromatic carbocycles. The number of benzene rings is 1. The minimum atomic E-state index is -4.40. The molecule has 1 aliphatic rings. The molecule has 2 N–H and O–H groups in total. The third-order valence-electron chi connectivity index (χ3n) is 3.76. The maximum Gasteiger partial charge on any atom is 0.416 e. The molecule has 0 bridgehead atoms. The van der Waals surface area contributed by atoms with Crippen molar-refractivity contribution in [2.75, 3.05) is 6.54 Å². The van der Waals surface area contributed by atoms with E-state index in [2.05, 4.69) is 17.6 Å². The average Bonchev–Trinajstić information content (AvgIpc) is 2.44. The molecule has 1 amide bonds. The first-order valence-electron chi connectivity index (χ1n) is 7.04. The second kappa shape index (κ2) is 6.47. The van der Waals surface area contributed by atoms with Gasteiger partial charge in [-0.3, -0.25) is 4.79 Å². The van der Waals surface area contributed by atoms with Crippen LogP contribution in [0.15, 0.2) is 24.3 Å². The fourth-order valence-corrected chi connectivity index (χ4v) is 2.56. The summed E-state index contributed by atoms with van der Waals surface area (Å²) in [4.78, 5) is 12.0. The van der Waals surface area contributed by atoms with Crippen LogP contribution in [0.1, 0.15) is 30.9 Å². The summed E-state index contributed by atoms with van der Waals surface area (Å²) in [5.74, 6) is 0.211. The van der Waals surface area contributed by atoms with Crippen LogP contribution in [0.2, 0.25) is 0 Å². The van der Waals surface area contributed by atoms with Gasteiger partial charge in [-0.05, 0) is 36.9 Å². The van der Waals surface area contributed by atoms with Crippen LogP contribution in [0.5, 0.6) is 0 Å². The fraction of sp³-hybridized carbons (Fsp3) is 0.533. The van der Waals surface area contributed by atoms with Gasteiger partial charge in [-0.2, -0.15) is 13.2 Å². The van der Waals surface area contributed by atoms with Gasteiger partial charge in [-0.25, -0.2) is 0 Å². The maximum atomic E-state index is 12.9. The first kappa shape index (κ1) is 15.8. The summed E-state index contributed by atoms with van der Waals surface area (Å²) in [5, 5.41) is 5.70. The van der Waals surface area contributed by atoms with E-state index in [-0.39, 0.29) is 24.1 Å². The van der Waals surface area contributed by atoms with Crippen LogP contribution < -0.4 is 10.6 Å². The van der Waals surface area contributed by atoms with Crippen LogP contribution in [0.3, 0.4) is 0 Å². The molecule has 116 valence electrons. The Morgan fingerprint density at radius 2 is 2.10 bits per heavy atom. The maximum absolute atomic E-state index is 12.9. The van der Waals surface area contributed by atoms with E-state index in [4.69, 9.17) is 0 Å². The zero-order valence-corrected chi connectivity index (χ0v) is 11.8. The molecule has 2 rings (SSSR count). The lowest BCUT2D eigenvalue weighted by molar-refractivity contribution is -0.138. The summed E-state index contributed by atoms with van der Waals surface area (Å²) in [7, 11) is 0. The molecule has 0 aromatic heterocycles. The number of hydrogen-bond donors (Lipinski definition) is 2. The number of carbonyl (C=O) groups excluding carboxylic acids is 1. The van der Waals surface area contributed by atoms with Crippen LogP contribution in [-0.4, -0.2) is 18.5 Å². The molecule has 0 aliphatic carbocycles. The Labute approximate surface area is 121 Å². The van der Waals surface area contributed by atoms with Crippen LogP contribution in [0.4, 0.5) is 13.2 Å². The molecule has 2 atom stereocenters. The number of piperidine rings is 1. The molecular formula is C15H19F3N2O. The van der Waals surface area contributed by atoms with E-state index in [1.165, 1.54) is 18.2 Å². The van der Waals surface area contributed by atoms with Crippen molar-refractivity contribution in [3.05, 3.63) is 35.4 Å². The number of carbonyl (C=O) groups is 1. The second-order valence-corrected chi connectivity index (χ2v) is 5.51. The Kier molecular flexibility index (Phi) is 4.88. The monoisotopic (exact) mass is 300 g/mol. The van der Waals surface area contributed by atoms with Crippen LogP contribution in [0, 0.1) is 5.92 Å². The summed E-state index contributed by atoms with van der Waals surface area (Å²) in [6, 6.07) is 4.99. The van der Waals surface area contributed by atoms with Gasteiger partial charge in [-0.1, -0.05) is 25.1 Å². The van der Waals surface area contributed by atoms with Crippen LogP contribution in [0.25, 0.3) is 0 Å². The van der Waals surface area contributed by atoms with Gasteiger partial charge in [0.15, 0.2) is 0 Å². The summed E-state index contributed by atoms with van der Waals surface area (Å²) in [6.07, 6.45) is -2.67. The molecule has 2 unspecified atom stereocenters. The molecule has 3 nitrogen and oxygen atoms in total. The SMILES string of the molecule is CC1CCNC(C(=O)NCc2ccccc2C(F)(F)F)C1.